The van der Waals surface area contributed by atoms with Crippen LogP contribution in [0.4, 0.5) is 0 Å². The molecule has 5 heteroatoms. The minimum atomic E-state index is -3.38. The van der Waals surface area contributed by atoms with Crippen molar-refractivity contribution in [2.45, 2.75) is 20.3 Å². The van der Waals surface area contributed by atoms with Crippen molar-refractivity contribution in [1.82, 2.24) is 4.98 Å². The van der Waals surface area contributed by atoms with Gasteiger partial charge in [-0.1, -0.05) is 0 Å². The number of nitrogens with one attached hydrogen (secondary N) is 1. The SMILES string of the molecule is Cc1c[nH]c(C)c1CCS(=O)(=O)Cl. The molecule has 1 N–H and O–H groups in total. The molecule has 0 radical (unpaired) electrons. The average molecular weight is 222 g/mol. The van der Waals surface area contributed by atoms with E-state index < -0.39 is 9.05 Å². The molecule has 0 saturated heterocycles. The lowest BCUT2D eigenvalue weighted by Gasteiger charge is -1.99. The van der Waals surface area contributed by atoms with Gasteiger partial charge in [-0.2, -0.15) is 0 Å². The van der Waals surface area contributed by atoms with Gasteiger partial charge in [0, 0.05) is 22.6 Å². The second-order valence-electron chi connectivity index (χ2n) is 3.07. The maximum absolute atomic E-state index is 10.7. The highest BCUT2D eigenvalue weighted by molar-refractivity contribution is 8.13. The number of hydrogen-bond acceptors (Lipinski definition) is 2. The number of halogens is 1. The molecule has 0 bridgehead atoms. The van der Waals surface area contributed by atoms with E-state index in [1.165, 1.54) is 0 Å². The highest BCUT2D eigenvalue weighted by atomic mass is 35.7. The van der Waals surface area contributed by atoms with E-state index >= 15 is 0 Å². The summed E-state index contributed by atoms with van der Waals surface area (Å²) >= 11 is 0. The lowest BCUT2D eigenvalue weighted by molar-refractivity contribution is 0.609. The smallest absolute Gasteiger partial charge is 0.232 e. The number of rotatable bonds is 3. The van der Waals surface area contributed by atoms with Crippen LogP contribution >= 0.6 is 10.7 Å². The molecule has 3 nitrogen and oxygen atoms in total. The van der Waals surface area contributed by atoms with Crippen LogP contribution in [0, 0.1) is 13.8 Å². The number of H-pyrrole nitrogens is 1. The van der Waals surface area contributed by atoms with E-state index in [-0.39, 0.29) is 5.75 Å². The van der Waals surface area contributed by atoms with Crippen LogP contribution in [0.5, 0.6) is 0 Å². The first-order valence-electron chi connectivity index (χ1n) is 3.96. The molecule has 0 aliphatic rings. The minimum absolute atomic E-state index is 0.00586. The fraction of sp³-hybridized carbons (Fsp3) is 0.500. The van der Waals surface area contributed by atoms with E-state index in [1.54, 1.807) is 0 Å². The zero-order valence-corrected chi connectivity index (χ0v) is 9.17. The van der Waals surface area contributed by atoms with Gasteiger partial charge in [0.15, 0.2) is 0 Å². The molecule has 1 heterocycles. The van der Waals surface area contributed by atoms with Crippen molar-refractivity contribution in [2.75, 3.05) is 5.75 Å². The molecule has 0 aliphatic carbocycles. The number of aryl methyl sites for hydroxylation is 2. The fourth-order valence-corrected chi connectivity index (χ4v) is 1.97. The number of hydrogen-bond donors (Lipinski definition) is 1. The standard InChI is InChI=1S/C8H12ClNO2S/c1-6-5-10-7(2)8(6)3-4-13(9,11)12/h5,10H,3-4H2,1-2H3. The van der Waals surface area contributed by atoms with Crippen LogP contribution < -0.4 is 0 Å². The Hall–Kier alpha value is -0.480. The second kappa shape index (κ2) is 3.72. The Morgan fingerprint density at radius 2 is 2.08 bits per heavy atom. The summed E-state index contributed by atoms with van der Waals surface area (Å²) in [6.07, 6.45) is 2.35. The van der Waals surface area contributed by atoms with Crippen LogP contribution in [0.15, 0.2) is 6.20 Å². The van der Waals surface area contributed by atoms with Crippen molar-refractivity contribution in [3.63, 3.8) is 0 Å². The van der Waals surface area contributed by atoms with Gasteiger partial charge in [-0.25, -0.2) is 8.42 Å². The maximum Gasteiger partial charge on any atom is 0.232 e. The molecule has 0 fully saturated rings. The van der Waals surface area contributed by atoms with Crippen LogP contribution in [0.3, 0.4) is 0 Å². The predicted octanol–water partition coefficient (Wildman–Crippen LogP) is 1.74. The molecule has 0 aromatic carbocycles. The van der Waals surface area contributed by atoms with Crippen molar-refractivity contribution in [2.24, 2.45) is 0 Å². The highest BCUT2D eigenvalue weighted by Crippen LogP contribution is 2.14. The zero-order chi connectivity index (χ0) is 10.1. The van der Waals surface area contributed by atoms with Gasteiger partial charge in [0.2, 0.25) is 9.05 Å². The van der Waals surface area contributed by atoms with Gasteiger partial charge in [-0.3, -0.25) is 0 Å². The summed E-state index contributed by atoms with van der Waals surface area (Å²) in [5, 5.41) is 0. The molecule has 13 heavy (non-hydrogen) atoms. The Morgan fingerprint density at radius 3 is 2.46 bits per heavy atom. The third-order valence-corrected chi connectivity index (χ3v) is 3.18. The van der Waals surface area contributed by atoms with Crippen LogP contribution in [0.2, 0.25) is 0 Å². The summed E-state index contributed by atoms with van der Waals surface area (Å²) < 4.78 is 21.4. The highest BCUT2D eigenvalue weighted by Gasteiger charge is 2.09. The second-order valence-corrected chi connectivity index (χ2v) is 5.96. The molecule has 1 aromatic heterocycles. The zero-order valence-electron chi connectivity index (χ0n) is 7.59. The molecule has 0 spiro atoms. The molecule has 0 aliphatic heterocycles. The van der Waals surface area contributed by atoms with E-state index in [1.807, 2.05) is 20.0 Å². The maximum atomic E-state index is 10.7. The third-order valence-electron chi connectivity index (χ3n) is 2.03. The van der Waals surface area contributed by atoms with Gasteiger partial charge in [0.25, 0.3) is 0 Å². The molecular weight excluding hydrogens is 210 g/mol. The van der Waals surface area contributed by atoms with Crippen LogP contribution in [0.1, 0.15) is 16.8 Å². The third kappa shape index (κ3) is 3.04. The first-order valence-corrected chi connectivity index (χ1v) is 6.44. The molecule has 1 rings (SSSR count). The van der Waals surface area contributed by atoms with E-state index in [0.29, 0.717) is 6.42 Å². The van der Waals surface area contributed by atoms with E-state index in [2.05, 4.69) is 4.98 Å². The Labute approximate surface area is 82.5 Å². The summed E-state index contributed by atoms with van der Waals surface area (Å²) in [5.74, 6) is -0.00586. The van der Waals surface area contributed by atoms with Gasteiger partial charge in [-0.15, -0.1) is 0 Å². The predicted molar refractivity (Wildman–Crippen MR) is 53.6 cm³/mol. The summed E-state index contributed by atoms with van der Waals surface area (Å²) in [6.45, 7) is 3.86. The van der Waals surface area contributed by atoms with Crippen molar-refractivity contribution in [3.05, 3.63) is 23.0 Å². The molecule has 0 unspecified atom stereocenters. The summed E-state index contributed by atoms with van der Waals surface area (Å²) in [7, 11) is 1.74. The topological polar surface area (TPSA) is 49.9 Å². The van der Waals surface area contributed by atoms with Gasteiger partial charge in [0.05, 0.1) is 5.75 Å². The first kappa shape index (κ1) is 10.6. The van der Waals surface area contributed by atoms with Crippen molar-refractivity contribution < 1.29 is 8.42 Å². The Bertz CT molecular complexity index is 375. The molecule has 0 amide bonds. The summed E-state index contributed by atoms with van der Waals surface area (Å²) in [5.41, 5.74) is 3.14. The lowest BCUT2D eigenvalue weighted by atomic mass is 10.1. The molecular formula is C8H12ClNO2S. The summed E-state index contributed by atoms with van der Waals surface area (Å²) in [6, 6.07) is 0. The normalized spacial score (nSPS) is 11.9. The van der Waals surface area contributed by atoms with Gasteiger partial charge >= 0.3 is 0 Å². The Balaban J connectivity index is 2.75. The average Bonchev–Trinajstić information content (AvgIpc) is 2.27. The van der Waals surface area contributed by atoms with Crippen LogP contribution in [0.25, 0.3) is 0 Å². The fourth-order valence-electron chi connectivity index (χ4n) is 1.30. The van der Waals surface area contributed by atoms with Crippen molar-refractivity contribution in [1.29, 1.82) is 0 Å². The van der Waals surface area contributed by atoms with E-state index in [0.717, 1.165) is 16.8 Å². The Morgan fingerprint density at radius 1 is 1.46 bits per heavy atom. The van der Waals surface area contributed by atoms with E-state index in [9.17, 15) is 8.42 Å². The quantitative estimate of drug-likeness (QED) is 0.791. The van der Waals surface area contributed by atoms with Crippen molar-refractivity contribution >= 4 is 19.7 Å². The van der Waals surface area contributed by atoms with Crippen LogP contribution in [-0.4, -0.2) is 19.2 Å². The van der Waals surface area contributed by atoms with Gasteiger partial charge in [-0.05, 0) is 31.4 Å². The molecule has 0 atom stereocenters. The first-order chi connectivity index (χ1) is 5.90. The minimum Gasteiger partial charge on any atom is -0.365 e. The number of aromatic nitrogens is 1. The monoisotopic (exact) mass is 221 g/mol. The molecule has 1 aromatic rings. The lowest BCUT2D eigenvalue weighted by Crippen LogP contribution is -2.02. The van der Waals surface area contributed by atoms with Gasteiger partial charge in [0.1, 0.15) is 0 Å². The number of aromatic amines is 1. The summed E-state index contributed by atoms with van der Waals surface area (Å²) in [4.78, 5) is 3.04. The molecule has 74 valence electrons. The van der Waals surface area contributed by atoms with Crippen LogP contribution in [-0.2, 0) is 15.5 Å². The largest absolute Gasteiger partial charge is 0.365 e. The molecule has 0 saturated carbocycles. The van der Waals surface area contributed by atoms with Gasteiger partial charge < -0.3 is 4.98 Å². The van der Waals surface area contributed by atoms with E-state index in [4.69, 9.17) is 10.7 Å². The van der Waals surface area contributed by atoms with Crippen molar-refractivity contribution in [3.8, 4) is 0 Å². The Kier molecular flexibility index (Phi) is 3.03.